The number of allylic oxidation sites excluding steroid dienone is 1. The second-order valence-corrected chi connectivity index (χ2v) is 6.38. The molecule has 0 atom stereocenters. The van der Waals surface area contributed by atoms with Gasteiger partial charge in [0.05, 0.1) is 10.6 Å². The standard InChI is InChI=1S/C14H18O4S/c1-3-4-5-12(14(15)16)10-19(17,18)13-8-6-11(2)7-9-13/h5-9H,3-4,10H2,1-2H3,(H,15,16). The number of hydrogen-bond acceptors (Lipinski definition) is 3. The molecular weight excluding hydrogens is 264 g/mol. The van der Waals surface area contributed by atoms with Gasteiger partial charge in [0.2, 0.25) is 0 Å². The average Bonchev–Trinajstić information content (AvgIpc) is 2.34. The van der Waals surface area contributed by atoms with Crippen molar-refractivity contribution in [1.29, 1.82) is 0 Å². The molecule has 1 aromatic rings. The van der Waals surface area contributed by atoms with Crippen molar-refractivity contribution < 1.29 is 18.3 Å². The Morgan fingerprint density at radius 2 is 1.84 bits per heavy atom. The molecule has 0 saturated carbocycles. The van der Waals surface area contributed by atoms with E-state index in [1.165, 1.54) is 18.2 Å². The molecule has 0 aliphatic rings. The number of sulfone groups is 1. The predicted octanol–water partition coefficient (Wildman–Crippen LogP) is 2.58. The van der Waals surface area contributed by atoms with Crippen molar-refractivity contribution in [3.05, 3.63) is 41.5 Å². The third kappa shape index (κ3) is 4.52. The van der Waals surface area contributed by atoms with Crippen LogP contribution >= 0.6 is 0 Å². The number of carbonyl (C=O) groups is 1. The Hall–Kier alpha value is -1.62. The quantitative estimate of drug-likeness (QED) is 0.814. The van der Waals surface area contributed by atoms with E-state index in [4.69, 9.17) is 5.11 Å². The summed E-state index contributed by atoms with van der Waals surface area (Å²) in [5.74, 6) is -1.64. The molecule has 0 aliphatic carbocycles. The fourth-order valence-corrected chi connectivity index (χ4v) is 2.93. The maximum Gasteiger partial charge on any atom is 0.332 e. The number of aryl methyl sites for hydroxylation is 1. The molecule has 0 radical (unpaired) electrons. The number of hydrogen-bond donors (Lipinski definition) is 1. The maximum atomic E-state index is 12.1. The molecule has 0 aromatic heterocycles. The van der Waals surface area contributed by atoms with Crippen LogP contribution in [0.4, 0.5) is 0 Å². The molecule has 0 heterocycles. The molecule has 0 fully saturated rings. The smallest absolute Gasteiger partial charge is 0.332 e. The molecule has 0 bridgehead atoms. The van der Waals surface area contributed by atoms with E-state index in [0.29, 0.717) is 6.42 Å². The van der Waals surface area contributed by atoms with E-state index in [1.807, 2.05) is 13.8 Å². The Bertz CT molecular complexity index is 568. The van der Waals surface area contributed by atoms with Crippen molar-refractivity contribution in [3.63, 3.8) is 0 Å². The van der Waals surface area contributed by atoms with Gasteiger partial charge in [-0.25, -0.2) is 13.2 Å². The van der Waals surface area contributed by atoms with Crippen LogP contribution in [0.3, 0.4) is 0 Å². The summed E-state index contributed by atoms with van der Waals surface area (Å²) in [6.07, 6.45) is 2.82. The Morgan fingerprint density at radius 1 is 1.26 bits per heavy atom. The van der Waals surface area contributed by atoms with Crippen LogP contribution in [-0.4, -0.2) is 25.2 Å². The van der Waals surface area contributed by atoms with Crippen molar-refractivity contribution in [1.82, 2.24) is 0 Å². The lowest BCUT2D eigenvalue weighted by Crippen LogP contribution is -2.15. The van der Waals surface area contributed by atoms with Gasteiger partial charge in [0.15, 0.2) is 9.84 Å². The zero-order chi connectivity index (χ0) is 14.5. The van der Waals surface area contributed by atoms with E-state index in [0.717, 1.165) is 12.0 Å². The number of rotatable bonds is 6. The van der Waals surface area contributed by atoms with Crippen LogP contribution in [0.1, 0.15) is 25.3 Å². The van der Waals surface area contributed by atoms with Gasteiger partial charge in [-0.1, -0.05) is 37.1 Å². The summed E-state index contributed by atoms with van der Waals surface area (Å²) in [7, 11) is -3.60. The van der Waals surface area contributed by atoms with Gasteiger partial charge in [0, 0.05) is 5.57 Å². The molecular formula is C14H18O4S. The fraction of sp³-hybridized carbons (Fsp3) is 0.357. The van der Waals surface area contributed by atoms with Gasteiger partial charge in [-0.15, -0.1) is 0 Å². The minimum absolute atomic E-state index is 0.0672. The SMILES string of the molecule is CCCC=C(CS(=O)(=O)c1ccc(C)cc1)C(=O)O. The first-order valence-corrected chi connectivity index (χ1v) is 7.74. The zero-order valence-electron chi connectivity index (χ0n) is 11.1. The van der Waals surface area contributed by atoms with E-state index < -0.39 is 21.6 Å². The average molecular weight is 282 g/mol. The molecule has 104 valence electrons. The van der Waals surface area contributed by atoms with Gasteiger partial charge < -0.3 is 5.11 Å². The second kappa shape index (κ2) is 6.52. The van der Waals surface area contributed by atoms with E-state index in [-0.39, 0.29) is 10.5 Å². The van der Waals surface area contributed by atoms with Crippen LogP contribution < -0.4 is 0 Å². The highest BCUT2D eigenvalue weighted by Crippen LogP contribution is 2.15. The van der Waals surface area contributed by atoms with Crippen LogP contribution in [0.25, 0.3) is 0 Å². The molecule has 0 spiro atoms. The molecule has 0 amide bonds. The van der Waals surface area contributed by atoms with E-state index in [9.17, 15) is 13.2 Å². The van der Waals surface area contributed by atoms with E-state index in [2.05, 4.69) is 0 Å². The molecule has 1 rings (SSSR count). The summed E-state index contributed by atoms with van der Waals surface area (Å²) in [5, 5.41) is 9.02. The van der Waals surface area contributed by atoms with Gasteiger partial charge in [-0.2, -0.15) is 0 Å². The largest absolute Gasteiger partial charge is 0.478 e. The molecule has 0 aliphatic heterocycles. The Labute approximate surface area is 113 Å². The number of unbranched alkanes of at least 4 members (excludes halogenated alkanes) is 1. The summed E-state index contributed by atoms with van der Waals surface area (Å²) in [5.41, 5.74) is 0.890. The van der Waals surface area contributed by atoms with Gasteiger partial charge in [0.25, 0.3) is 0 Å². The third-order valence-electron chi connectivity index (χ3n) is 2.68. The first kappa shape index (κ1) is 15.4. The van der Waals surface area contributed by atoms with Crippen LogP contribution in [0.15, 0.2) is 40.8 Å². The number of carboxylic acid groups (broad SMARTS) is 1. The minimum atomic E-state index is -3.60. The fourth-order valence-electron chi connectivity index (χ4n) is 1.56. The summed E-state index contributed by atoms with van der Waals surface area (Å²) in [6.45, 7) is 3.77. The van der Waals surface area contributed by atoms with Crippen LogP contribution in [0.5, 0.6) is 0 Å². The predicted molar refractivity (Wildman–Crippen MR) is 73.9 cm³/mol. The number of benzene rings is 1. The lowest BCUT2D eigenvalue weighted by Gasteiger charge is -2.06. The molecule has 19 heavy (non-hydrogen) atoms. The van der Waals surface area contributed by atoms with Gasteiger partial charge in [-0.3, -0.25) is 0 Å². The van der Waals surface area contributed by atoms with Gasteiger partial charge in [-0.05, 0) is 25.5 Å². The summed E-state index contributed by atoms with van der Waals surface area (Å²) >= 11 is 0. The molecule has 1 aromatic carbocycles. The highest BCUT2D eigenvalue weighted by molar-refractivity contribution is 7.91. The Morgan fingerprint density at radius 3 is 2.32 bits per heavy atom. The lowest BCUT2D eigenvalue weighted by atomic mass is 10.2. The van der Waals surface area contributed by atoms with Crippen molar-refractivity contribution in [3.8, 4) is 0 Å². The van der Waals surface area contributed by atoms with Crippen molar-refractivity contribution >= 4 is 15.8 Å². The summed E-state index contributed by atoms with van der Waals surface area (Å²) < 4.78 is 24.2. The molecule has 1 N–H and O–H groups in total. The monoisotopic (exact) mass is 282 g/mol. The number of aliphatic carboxylic acids is 1. The topological polar surface area (TPSA) is 71.4 Å². The third-order valence-corrected chi connectivity index (χ3v) is 4.36. The van der Waals surface area contributed by atoms with Crippen LogP contribution in [0, 0.1) is 6.92 Å². The van der Waals surface area contributed by atoms with Crippen molar-refractivity contribution in [2.24, 2.45) is 0 Å². The summed E-state index contributed by atoms with van der Waals surface area (Å²) in [4.78, 5) is 11.2. The van der Waals surface area contributed by atoms with Crippen molar-refractivity contribution in [2.45, 2.75) is 31.6 Å². The molecule has 0 saturated heterocycles. The highest BCUT2D eigenvalue weighted by atomic mass is 32.2. The second-order valence-electron chi connectivity index (χ2n) is 4.40. The van der Waals surface area contributed by atoms with Crippen molar-refractivity contribution in [2.75, 3.05) is 5.75 Å². The van der Waals surface area contributed by atoms with E-state index >= 15 is 0 Å². The lowest BCUT2D eigenvalue weighted by molar-refractivity contribution is -0.132. The molecule has 4 nitrogen and oxygen atoms in total. The Balaban J connectivity index is 3.01. The molecule has 5 heteroatoms. The first-order chi connectivity index (χ1) is 8.86. The van der Waals surface area contributed by atoms with E-state index in [1.54, 1.807) is 12.1 Å². The molecule has 0 unspecified atom stereocenters. The number of carboxylic acids is 1. The van der Waals surface area contributed by atoms with Gasteiger partial charge in [0.1, 0.15) is 0 Å². The maximum absolute atomic E-state index is 12.1. The van der Waals surface area contributed by atoms with Crippen LogP contribution in [-0.2, 0) is 14.6 Å². The minimum Gasteiger partial charge on any atom is -0.478 e. The van der Waals surface area contributed by atoms with Gasteiger partial charge >= 0.3 is 5.97 Å². The Kier molecular flexibility index (Phi) is 5.30. The summed E-state index contributed by atoms with van der Waals surface area (Å²) in [6, 6.07) is 6.40. The van der Waals surface area contributed by atoms with Crippen LogP contribution in [0.2, 0.25) is 0 Å². The highest BCUT2D eigenvalue weighted by Gasteiger charge is 2.20. The normalized spacial score (nSPS) is 12.4. The zero-order valence-corrected chi connectivity index (χ0v) is 11.9. The first-order valence-electron chi connectivity index (χ1n) is 6.08.